The fourth-order valence-corrected chi connectivity index (χ4v) is 3.07. The van der Waals surface area contributed by atoms with Crippen LogP contribution in [0.1, 0.15) is 23.2 Å². The maximum Gasteiger partial charge on any atom is 0.325 e. The molecule has 1 aliphatic heterocycles. The highest BCUT2D eigenvalue weighted by Gasteiger charge is 2.23. The largest absolute Gasteiger partial charge is 0.490 e. The fourth-order valence-electron chi connectivity index (χ4n) is 3.07. The minimum atomic E-state index is -0.564. The molecule has 2 N–H and O–H groups in total. The van der Waals surface area contributed by atoms with Gasteiger partial charge in [-0.2, -0.15) is 0 Å². The number of fused-ring (bicyclic) bond motifs is 1. The van der Waals surface area contributed by atoms with Crippen molar-refractivity contribution in [1.29, 1.82) is 0 Å². The lowest BCUT2D eigenvalue weighted by Gasteiger charge is -2.29. The smallest absolute Gasteiger partial charge is 0.325 e. The van der Waals surface area contributed by atoms with Crippen molar-refractivity contribution in [2.75, 3.05) is 37.0 Å². The van der Waals surface area contributed by atoms with Crippen LogP contribution in [0, 0.1) is 0 Å². The van der Waals surface area contributed by atoms with Crippen LogP contribution in [0.4, 0.5) is 11.4 Å². The number of carbonyl (C=O) groups excluding carboxylic acids is 4. The van der Waals surface area contributed by atoms with Crippen molar-refractivity contribution in [2.24, 2.45) is 0 Å². The summed E-state index contributed by atoms with van der Waals surface area (Å²) < 4.78 is 10.0. The zero-order valence-electron chi connectivity index (χ0n) is 17.1. The van der Waals surface area contributed by atoms with Gasteiger partial charge in [-0.25, -0.2) is 0 Å². The molecule has 2 aromatic rings. The Hall–Kier alpha value is -3.88. The minimum Gasteiger partial charge on any atom is -0.490 e. The third-order valence-electron chi connectivity index (χ3n) is 4.62. The zero-order valence-corrected chi connectivity index (χ0v) is 17.1. The first-order chi connectivity index (χ1) is 15.0. The molecule has 0 aliphatic carbocycles. The highest BCUT2D eigenvalue weighted by atomic mass is 16.5. The molecule has 0 spiro atoms. The van der Waals surface area contributed by atoms with Gasteiger partial charge in [-0.1, -0.05) is 18.2 Å². The van der Waals surface area contributed by atoms with E-state index in [9.17, 15) is 19.2 Å². The Kier molecular flexibility index (Phi) is 7.21. The summed E-state index contributed by atoms with van der Waals surface area (Å²) in [5.74, 6) is -0.897. The van der Waals surface area contributed by atoms with Crippen LogP contribution in [0.25, 0.3) is 0 Å². The normalized spacial score (nSPS) is 12.2. The van der Waals surface area contributed by atoms with E-state index in [4.69, 9.17) is 4.74 Å². The molecule has 0 atom stereocenters. The van der Waals surface area contributed by atoms with Gasteiger partial charge in [-0.05, 0) is 30.3 Å². The average Bonchev–Trinajstić information content (AvgIpc) is 2.80. The number of benzene rings is 2. The van der Waals surface area contributed by atoms with Gasteiger partial charge in [0.15, 0.2) is 0 Å². The van der Waals surface area contributed by atoms with E-state index in [1.165, 1.54) is 13.2 Å². The Balaban J connectivity index is 1.53. The van der Waals surface area contributed by atoms with Gasteiger partial charge in [-0.3, -0.25) is 19.2 Å². The van der Waals surface area contributed by atoms with Crippen molar-refractivity contribution in [2.45, 2.75) is 12.8 Å². The number of anilines is 2. The minimum absolute atomic E-state index is 0.00286. The molecule has 0 unspecified atom stereocenters. The van der Waals surface area contributed by atoms with Gasteiger partial charge in [0.25, 0.3) is 5.91 Å². The summed E-state index contributed by atoms with van der Waals surface area (Å²) in [5.41, 5.74) is 1.40. The number of amides is 3. The zero-order chi connectivity index (χ0) is 22.2. The number of para-hydroxylation sites is 2. The van der Waals surface area contributed by atoms with Crippen molar-refractivity contribution >= 4 is 35.1 Å². The molecular formula is C22H23N3O6. The number of hydrogen-bond donors (Lipinski definition) is 2. The van der Waals surface area contributed by atoms with Crippen LogP contribution in [-0.2, 0) is 19.1 Å². The molecule has 0 saturated heterocycles. The molecule has 9 heteroatoms. The van der Waals surface area contributed by atoms with E-state index in [1.807, 2.05) is 18.2 Å². The molecule has 3 rings (SSSR count). The lowest BCUT2D eigenvalue weighted by Crippen LogP contribution is -2.38. The standard InChI is InChI=1S/C22H23N3O6/c1-30-21(28)14-23-22(29)15-5-4-6-16(13-15)24-19(26)9-10-20(27)25-11-12-31-18-8-3-2-7-17(18)25/h2-8,13H,9-12,14H2,1H3,(H,23,29)(H,24,26). The van der Waals surface area contributed by atoms with E-state index >= 15 is 0 Å². The van der Waals surface area contributed by atoms with E-state index in [0.29, 0.717) is 30.3 Å². The summed E-state index contributed by atoms with van der Waals surface area (Å²) in [6, 6.07) is 13.6. The van der Waals surface area contributed by atoms with Crippen LogP contribution >= 0.6 is 0 Å². The Morgan fingerprint density at radius 1 is 1.06 bits per heavy atom. The van der Waals surface area contributed by atoms with Crippen molar-refractivity contribution < 1.29 is 28.7 Å². The van der Waals surface area contributed by atoms with Crippen molar-refractivity contribution in [3.63, 3.8) is 0 Å². The van der Waals surface area contributed by atoms with Gasteiger partial charge in [0, 0.05) is 24.1 Å². The molecule has 0 saturated carbocycles. The molecule has 3 amide bonds. The second-order valence-electron chi connectivity index (χ2n) is 6.75. The van der Waals surface area contributed by atoms with E-state index < -0.39 is 11.9 Å². The van der Waals surface area contributed by atoms with Crippen LogP contribution in [0.15, 0.2) is 48.5 Å². The van der Waals surface area contributed by atoms with E-state index in [2.05, 4.69) is 15.4 Å². The highest BCUT2D eigenvalue weighted by Crippen LogP contribution is 2.31. The van der Waals surface area contributed by atoms with E-state index in [-0.39, 0.29) is 36.8 Å². The Morgan fingerprint density at radius 2 is 1.87 bits per heavy atom. The summed E-state index contributed by atoms with van der Waals surface area (Å²) >= 11 is 0. The fraction of sp³-hybridized carbons (Fsp3) is 0.273. The maximum absolute atomic E-state index is 12.6. The lowest BCUT2D eigenvalue weighted by atomic mass is 10.1. The van der Waals surface area contributed by atoms with E-state index in [1.54, 1.807) is 29.2 Å². The summed E-state index contributed by atoms with van der Waals surface area (Å²) in [4.78, 5) is 49.8. The van der Waals surface area contributed by atoms with Crippen molar-refractivity contribution in [3.8, 4) is 5.75 Å². The summed E-state index contributed by atoms with van der Waals surface area (Å²) in [6.45, 7) is 0.582. The molecule has 0 bridgehead atoms. The third kappa shape index (κ3) is 5.81. The summed E-state index contributed by atoms with van der Waals surface area (Å²) in [5, 5.41) is 5.11. The number of hydrogen-bond acceptors (Lipinski definition) is 6. The summed E-state index contributed by atoms with van der Waals surface area (Å²) in [6.07, 6.45) is 0.0383. The lowest BCUT2D eigenvalue weighted by molar-refractivity contribution is -0.139. The van der Waals surface area contributed by atoms with Crippen molar-refractivity contribution in [3.05, 3.63) is 54.1 Å². The van der Waals surface area contributed by atoms with Crippen molar-refractivity contribution in [1.82, 2.24) is 5.32 Å². The van der Waals surface area contributed by atoms with Crippen LogP contribution in [0.3, 0.4) is 0 Å². The van der Waals surface area contributed by atoms with E-state index in [0.717, 1.165) is 0 Å². The summed E-state index contributed by atoms with van der Waals surface area (Å²) in [7, 11) is 1.23. The Bertz CT molecular complexity index is 991. The SMILES string of the molecule is COC(=O)CNC(=O)c1cccc(NC(=O)CCC(=O)N2CCOc3ccccc32)c1. The molecule has 9 nitrogen and oxygen atoms in total. The number of carbonyl (C=O) groups is 4. The average molecular weight is 425 g/mol. The van der Waals surface area contributed by atoms with Crippen LogP contribution in [0.2, 0.25) is 0 Å². The first-order valence-electron chi connectivity index (χ1n) is 9.75. The molecule has 2 aromatic carbocycles. The first-order valence-corrected chi connectivity index (χ1v) is 9.75. The number of nitrogens with one attached hydrogen (secondary N) is 2. The number of rotatable bonds is 7. The monoisotopic (exact) mass is 425 g/mol. The molecule has 1 aliphatic rings. The quantitative estimate of drug-likeness (QED) is 0.653. The van der Waals surface area contributed by atoms with Crippen LogP contribution < -0.4 is 20.3 Å². The van der Waals surface area contributed by atoms with Gasteiger partial charge in [0.1, 0.15) is 18.9 Å². The predicted octanol–water partition coefficient (Wildman–Crippen LogP) is 1.73. The second kappa shape index (κ2) is 10.2. The maximum atomic E-state index is 12.6. The van der Waals surface area contributed by atoms with Crippen LogP contribution in [0.5, 0.6) is 5.75 Å². The third-order valence-corrected chi connectivity index (χ3v) is 4.62. The Labute approximate surface area is 179 Å². The molecule has 0 aromatic heterocycles. The number of ether oxygens (including phenoxy) is 2. The number of methoxy groups -OCH3 is 1. The van der Waals surface area contributed by atoms with Gasteiger partial charge in [-0.15, -0.1) is 0 Å². The first kappa shape index (κ1) is 21.8. The molecule has 31 heavy (non-hydrogen) atoms. The number of esters is 1. The van der Waals surface area contributed by atoms with Crippen LogP contribution in [-0.4, -0.2) is 50.5 Å². The van der Waals surface area contributed by atoms with Gasteiger partial charge < -0.3 is 25.0 Å². The van der Waals surface area contributed by atoms with Gasteiger partial charge in [0.2, 0.25) is 11.8 Å². The number of nitrogens with zero attached hydrogens (tertiary/aromatic N) is 1. The topological polar surface area (TPSA) is 114 Å². The van der Waals surface area contributed by atoms with Gasteiger partial charge >= 0.3 is 5.97 Å². The second-order valence-corrected chi connectivity index (χ2v) is 6.75. The molecule has 0 fully saturated rings. The molecule has 0 radical (unpaired) electrons. The molecule has 1 heterocycles. The molecular weight excluding hydrogens is 402 g/mol. The molecule has 162 valence electrons. The van der Waals surface area contributed by atoms with Gasteiger partial charge in [0.05, 0.1) is 19.3 Å². The predicted molar refractivity (Wildman–Crippen MR) is 113 cm³/mol. The highest BCUT2D eigenvalue weighted by molar-refractivity contribution is 6.00. The Morgan fingerprint density at radius 3 is 2.68 bits per heavy atom.